The Labute approximate surface area is 202 Å². The van der Waals surface area contributed by atoms with Crippen molar-refractivity contribution in [3.63, 3.8) is 0 Å². The molecule has 11 nitrogen and oxygen atoms in total. The summed E-state index contributed by atoms with van der Waals surface area (Å²) in [5, 5.41) is 3.63. The molecule has 3 amide bonds. The zero-order valence-corrected chi connectivity index (χ0v) is 19.7. The van der Waals surface area contributed by atoms with E-state index in [1.165, 1.54) is 13.4 Å². The molecule has 1 fully saturated rings. The van der Waals surface area contributed by atoms with Gasteiger partial charge in [0, 0.05) is 55.9 Å². The van der Waals surface area contributed by atoms with Crippen LogP contribution in [-0.2, 0) is 16.0 Å². The second kappa shape index (κ2) is 10.9. The van der Waals surface area contributed by atoms with Gasteiger partial charge >= 0.3 is 6.09 Å². The quantitative estimate of drug-likeness (QED) is 0.525. The number of H-pyrrole nitrogens is 1. The molecule has 1 aliphatic heterocycles. The smallest absolute Gasteiger partial charge is 0.409 e. The van der Waals surface area contributed by atoms with Gasteiger partial charge in [-0.15, -0.1) is 0 Å². The molecular formula is C24H28N6O5. The van der Waals surface area contributed by atoms with Gasteiger partial charge in [0.2, 0.25) is 5.91 Å². The number of hydrogen-bond acceptors (Lipinski definition) is 7. The first-order valence-electron chi connectivity index (χ1n) is 11.4. The van der Waals surface area contributed by atoms with Crippen molar-refractivity contribution in [2.45, 2.75) is 19.4 Å². The topological polar surface area (TPSA) is 130 Å². The number of piperazine rings is 1. The summed E-state index contributed by atoms with van der Waals surface area (Å²) in [5.74, 6) is -0.214. The van der Waals surface area contributed by atoms with Crippen molar-refractivity contribution in [2.24, 2.45) is 0 Å². The largest absolute Gasteiger partial charge is 0.496 e. The fraction of sp³-hybridized carbons (Fsp3) is 0.375. The molecular weight excluding hydrogens is 452 g/mol. The minimum atomic E-state index is -0.851. The van der Waals surface area contributed by atoms with E-state index in [4.69, 9.17) is 9.47 Å². The molecule has 184 valence electrons. The standard InChI is InChI=1S/C24H28N6O5/c1-3-35-24(33)30-10-8-29(9-11-30)23(32)20(12-16-14-25-15-26-16)28-22(31)19-13-21(34-2)17-6-4-5-7-18(17)27-19/h4-7,13-15,20H,3,8-12H2,1-2H3,(H,25,26)(H,28,31). The summed E-state index contributed by atoms with van der Waals surface area (Å²) >= 11 is 0. The lowest BCUT2D eigenvalue weighted by Crippen LogP contribution is -2.56. The first-order valence-corrected chi connectivity index (χ1v) is 11.4. The lowest BCUT2D eigenvalue weighted by molar-refractivity contribution is -0.134. The normalized spacial score (nSPS) is 14.5. The molecule has 1 saturated heterocycles. The molecule has 3 heterocycles. The molecule has 3 aromatic rings. The molecule has 1 atom stereocenters. The van der Waals surface area contributed by atoms with Crippen molar-refractivity contribution in [1.82, 2.24) is 30.1 Å². The van der Waals surface area contributed by atoms with Crippen LogP contribution in [0.2, 0.25) is 0 Å². The van der Waals surface area contributed by atoms with E-state index in [-0.39, 0.29) is 18.0 Å². The Hall–Kier alpha value is -4.15. The summed E-state index contributed by atoms with van der Waals surface area (Å²) < 4.78 is 10.5. The van der Waals surface area contributed by atoms with E-state index in [0.29, 0.717) is 49.7 Å². The number of amides is 3. The average molecular weight is 481 g/mol. The molecule has 0 radical (unpaired) electrons. The van der Waals surface area contributed by atoms with Gasteiger partial charge in [-0.3, -0.25) is 9.59 Å². The summed E-state index contributed by atoms with van der Waals surface area (Å²) in [4.78, 5) is 53.3. The third kappa shape index (κ3) is 5.51. The van der Waals surface area contributed by atoms with Crippen molar-refractivity contribution in [3.05, 3.63) is 54.2 Å². The molecule has 2 aromatic heterocycles. The lowest BCUT2D eigenvalue weighted by atomic mass is 10.1. The molecule has 1 aromatic carbocycles. The number of imidazole rings is 1. The van der Waals surface area contributed by atoms with Gasteiger partial charge in [-0.25, -0.2) is 14.8 Å². The third-order valence-electron chi connectivity index (χ3n) is 5.83. The van der Waals surface area contributed by atoms with Gasteiger partial charge in [0.15, 0.2) is 0 Å². The number of nitrogens with zero attached hydrogens (tertiary/aromatic N) is 4. The highest BCUT2D eigenvalue weighted by molar-refractivity contribution is 5.99. The number of fused-ring (bicyclic) bond motifs is 1. The number of para-hydroxylation sites is 1. The molecule has 1 aliphatic rings. The Kier molecular flexibility index (Phi) is 7.44. The van der Waals surface area contributed by atoms with Gasteiger partial charge < -0.3 is 29.6 Å². The molecule has 0 spiro atoms. The number of carbonyl (C=O) groups is 3. The van der Waals surface area contributed by atoms with Crippen LogP contribution in [0.4, 0.5) is 4.79 Å². The number of ether oxygens (including phenoxy) is 2. The maximum absolute atomic E-state index is 13.4. The number of nitrogens with one attached hydrogen (secondary N) is 2. The SMILES string of the molecule is CCOC(=O)N1CCN(C(=O)C(Cc2cnc[nH]2)NC(=O)c2cc(OC)c3ccccc3n2)CC1. The van der Waals surface area contributed by atoms with E-state index in [1.807, 2.05) is 18.2 Å². The Morgan fingerprint density at radius 3 is 2.57 bits per heavy atom. The van der Waals surface area contributed by atoms with Gasteiger partial charge in [0.05, 0.1) is 25.6 Å². The summed E-state index contributed by atoms with van der Waals surface area (Å²) in [5.41, 5.74) is 1.47. The first kappa shape index (κ1) is 24.0. The average Bonchev–Trinajstić information content (AvgIpc) is 3.40. The summed E-state index contributed by atoms with van der Waals surface area (Å²) in [7, 11) is 1.53. The predicted molar refractivity (Wildman–Crippen MR) is 127 cm³/mol. The third-order valence-corrected chi connectivity index (χ3v) is 5.83. The molecule has 0 bridgehead atoms. The van der Waals surface area contributed by atoms with Crippen molar-refractivity contribution >= 4 is 28.8 Å². The Bertz CT molecular complexity index is 1190. The van der Waals surface area contributed by atoms with E-state index in [0.717, 1.165) is 5.39 Å². The highest BCUT2D eigenvalue weighted by Crippen LogP contribution is 2.25. The lowest BCUT2D eigenvalue weighted by Gasteiger charge is -2.35. The second-order valence-electron chi connectivity index (χ2n) is 8.05. The van der Waals surface area contributed by atoms with Crippen molar-refractivity contribution < 1.29 is 23.9 Å². The minimum absolute atomic E-state index is 0.148. The van der Waals surface area contributed by atoms with Crippen LogP contribution in [0.3, 0.4) is 0 Å². The zero-order chi connectivity index (χ0) is 24.8. The van der Waals surface area contributed by atoms with Crippen LogP contribution in [0, 0.1) is 0 Å². The maximum atomic E-state index is 13.4. The Morgan fingerprint density at radius 1 is 1.14 bits per heavy atom. The highest BCUT2D eigenvalue weighted by atomic mass is 16.6. The molecule has 2 N–H and O–H groups in total. The van der Waals surface area contributed by atoms with Crippen molar-refractivity contribution in [3.8, 4) is 5.75 Å². The van der Waals surface area contributed by atoms with Crippen LogP contribution in [-0.4, -0.2) is 88.6 Å². The number of methoxy groups -OCH3 is 1. The summed E-state index contributed by atoms with van der Waals surface area (Å²) in [6.07, 6.45) is 2.97. The Morgan fingerprint density at radius 2 is 1.89 bits per heavy atom. The van der Waals surface area contributed by atoms with Gasteiger partial charge in [-0.1, -0.05) is 12.1 Å². The fourth-order valence-corrected chi connectivity index (χ4v) is 4.02. The minimum Gasteiger partial charge on any atom is -0.496 e. The van der Waals surface area contributed by atoms with Crippen molar-refractivity contribution in [2.75, 3.05) is 39.9 Å². The monoisotopic (exact) mass is 480 g/mol. The van der Waals surface area contributed by atoms with E-state index in [9.17, 15) is 14.4 Å². The van der Waals surface area contributed by atoms with Crippen LogP contribution >= 0.6 is 0 Å². The number of hydrogen-bond donors (Lipinski definition) is 2. The van der Waals surface area contributed by atoms with Crippen molar-refractivity contribution in [1.29, 1.82) is 0 Å². The summed E-state index contributed by atoms with van der Waals surface area (Å²) in [6.45, 7) is 3.45. The van der Waals surface area contributed by atoms with Crippen LogP contribution in [0.1, 0.15) is 23.1 Å². The zero-order valence-electron chi connectivity index (χ0n) is 19.7. The van der Waals surface area contributed by atoms with Gasteiger partial charge in [-0.05, 0) is 19.1 Å². The molecule has 11 heteroatoms. The van der Waals surface area contributed by atoms with Gasteiger partial charge in [0.1, 0.15) is 17.5 Å². The van der Waals surface area contributed by atoms with E-state index < -0.39 is 18.0 Å². The van der Waals surface area contributed by atoms with Crippen LogP contribution in [0.15, 0.2) is 42.9 Å². The number of aromatic nitrogens is 3. The van der Waals surface area contributed by atoms with Gasteiger partial charge in [-0.2, -0.15) is 0 Å². The number of benzene rings is 1. The van der Waals surface area contributed by atoms with Crippen LogP contribution < -0.4 is 10.1 Å². The fourth-order valence-electron chi connectivity index (χ4n) is 4.02. The van der Waals surface area contributed by atoms with E-state index in [1.54, 1.807) is 35.1 Å². The van der Waals surface area contributed by atoms with E-state index >= 15 is 0 Å². The maximum Gasteiger partial charge on any atom is 0.409 e. The number of rotatable bonds is 7. The van der Waals surface area contributed by atoms with E-state index in [2.05, 4.69) is 20.3 Å². The number of pyridine rings is 1. The molecule has 1 unspecified atom stereocenters. The molecule has 0 saturated carbocycles. The summed E-state index contributed by atoms with van der Waals surface area (Å²) in [6, 6.07) is 8.07. The van der Waals surface area contributed by atoms with Crippen LogP contribution in [0.5, 0.6) is 5.75 Å². The number of aromatic amines is 1. The van der Waals surface area contributed by atoms with Crippen LogP contribution in [0.25, 0.3) is 10.9 Å². The predicted octanol–water partition coefficient (Wildman–Crippen LogP) is 1.61. The molecule has 0 aliphatic carbocycles. The highest BCUT2D eigenvalue weighted by Gasteiger charge is 2.31. The Balaban J connectivity index is 1.51. The number of carbonyl (C=O) groups excluding carboxylic acids is 3. The van der Waals surface area contributed by atoms with Gasteiger partial charge in [0.25, 0.3) is 5.91 Å². The molecule has 35 heavy (non-hydrogen) atoms. The first-order chi connectivity index (χ1) is 17.0. The second-order valence-corrected chi connectivity index (χ2v) is 8.05. The molecule has 4 rings (SSSR count).